The van der Waals surface area contributed by atoms with Gasteiger partial charge in [0.05, 0.1) is 4.90 Å². The number of rotatable bonds is 3. The summed E-state index contributed by atoms with van der Waals surface area (Å²) in [5.41, 5.74) is 0.694. The Morgan fingerprint density at radius 1 is 1.15 bits per heavy atom. The standard InChI is InChI=1S/C12H10BrN3O3S/c13-11-3-1-2-10(16-11)12(17)15-8-4-6-9(7-5-8)20(14,18)19/h1-7H,(H,15,17)(H2,14,18,19). The van der Waals surface area contributed by atoms with Gasteiger partial charge in [0.2, 0.25) is 10.0 Å². The first kappa shape index (κ1) is 14.6. The van der Waals surface area contributed by atoms with E-state index in [1.807, 2.05) is 0 Å². The summed E-state index contributed by atoms with van der Waals surface area (Å²) in [6, 6.07) is 10.5. The van der Waals surface area contributed by atoms with E-state index in [9.17, 15) is 13.2 Å². The van der Waals surface area contributed by atoms with Crippen LogP contribution in [0.1, 0.15) is 10.5 Å². The van der Waals surface area contributed by atoms with Crippen LogP contribution in [-0.2, 0) is 10.0 Å². The molecule has 8 heteroatoms. The Kier molecular flexibility index (Phi) is 4.17. The molecule has 2 aromatic rings. The lowest BCUT2D eigenvalue weighted by atomic mass is 10.3. The van der Waals surface area contributed by atoms with Gasteiger partial charge in [-0.25, -0.2) is 18.5 Å². The number of anilines is 1. The molecule has 0 saturated heterocycles. The highest BCUT2D eigenvalue weighted by Crippen LogP contribution is 2.14. The summed E-state index contributed by atoms with van der Waals surface area (Å²) < 4.78 is 22.8. The minimum atomic E-state index is -3.74. The molecule has 0 saturated carbocycles. The molecule has 0 aliphatic heterocycles. The lowest BCUT2D eigenvalue weighted by molar-refractivity contribution is 0.102. The van der Waals surface area contributed by atoms with E-state index in [2.05, 4.69) is 26.2 Å². The van der Waals surface area contributed by atoms with Crippen molar-refractivity contribution in [1.29, 1.82) is 0 Å². The van der Waals surface area contributed by atoms with Crippen LogP contribution in [0.15, 0.2) is 52.0 Å². The summed E-state index contributed by atoms with van der Waals surface area (Å²) in [6.07, 6.45) is 0. The Bertz CT molecular complexity index is 745. The number of benzene rings is 1. The fourth-order valence-electron chi connectivity index (χ4n) is 1.46. The zero-order valence-electron chi connectivity index (χ0n) is 10.1. The Hall–Kier alpha value is -1.77. The average Bonchev–Trinajstić information content (AvgIpc) is 2.38. The fraction of sp³-hybridized carbons (Fsp3) is 0. The molecule has 0 radical (unpaired) electrons. The maximum Gasteiger partial charge on any atom is 0.274 e. The highest BCUT2D eigenvalue weighted by Gasteiger charge is 2.10. The van der Waals surface area contributed by atoms with Crippen molar-refractivity contribution in [3.8, 4) is 0 Å². The largest absolute Gasteiger partial charge is 0.321 e. The number of aromatic nitrogens is 1. The highest BCUT2D eigenvalue weighted by molar-refractivity contribution is 9.10. The van der Waals surface area contributed by atoms with Crippen molar-refractivity contribution < 1.29 is 13.2 Å². The monoisotopic (exact) mass is 355 g/mol. The summed E-state index contributed by atoms with van der Waals surface area (Å²) >= 11 is 3.18. The minimum Gasteiger partial charge on any atom is -0.321 e. The third kappa shape index (κ3) is 3.62. The third-order valence-electron chi connectivity index (χ3n) is 2.39. The molecule has 3 N–H and O–H groups in total. The number of nitrogens with two attached hydrogens (primary N) is 1. The molecule has 1 aromatic carbocycles. The predicted octanol–water partition coefficient (Wildman–Crippen LogP) is 1.74. The highest BCUT2D eigenvalue weighted by atomic mass is 79.9. The maximum absolute atomic E-state index is 11.9. The zero-order chi connectivity index (χ0) is 14.8. The molecule has 20 heavy (non-hydrogen) atoms. The number of pyridine rings is 1. The van der Waals surface area contributed by atoms with Gasteiger partial charge in [-0.05, 0) is 52.3 Å². The molecule has 1 heterocycles. The molecule has 0 fully saturated rings. The molecule has 6 nitrogen and oxygen atoms in total. The van der Waals surface area contributed by atoms with Crippen LogP contribution in [0.3, 0.4) is 0 Å². The number of halogens is 1. The molecule has 0 unspecified atom stereocenters. The van der Waals surface area contributed by atoms with Crippen LogP contribution in [0, 0.1) is 0 Å². The van der Waals surface area contributed by atoms with Crippen molar-refractivity contribution in [3.05, 3.63) is 52.8 Å². The number of carbonyl (C=O) groups is 1. The topological polar surface area (TPSA) is 102 Å². The van der Waals surface area contributed by atoms with Gasteiger partial charge in [-0.2, -0.15) is 0 Å². The molecule has 1 aromatic heterocycles. The molecular formula is C12H10BrN3O3S. The van der Waals surface area contributed by atoms with Gasteiger partial charge in [0.15, 0.2) is 0 Å². The smallest absolute Gasteiger partial charge is 0.274 e. The molecule has 0 aliphatic carbocycles. The normalized spacial score (nSPS) is 11.1. The van der Waals surface area contributed by atoms with Crippen molar-refractivity contribution >= 4 is 37.5 Å². The Morgan fingerprint density at radius 3 is 2.35 bits per heavy atom. The molecule has 0 atom stereocenters. The quantitative estimate of drug-likeness (QED) is 0.818. The van der Waals surface area contributed by atoms with Crippen molar-refractivity contribution in [2.75, 3.05) is 5.32 Å². The first-order valence-corrected chi connectivity index (χ1v) is 7.77. The second-order valence-corrected chi connectivity index (χ2v) is 6.24. The first-order valence-electron chi connectivity index (χ1n) is 5.43. The third-order valence-corrected chi connectivity index (χ3v) is 3.76. The Balaban J connectivity index is 2.16. The minimum absolute atomic E-state index is 0.0175. The van der Waals surface area contributed by atoms with E-state index in [1.54, 1.807) is 18.2 Å². The van der Waals surface area contributed by atoms with E-state index in [1.165, 1.54) is 24.3 Å². The Morgan fingerprint density at radius 2 is 1.80 bits per heavy atom. The molecule has 2 rings (SSSR count). The van der Waals surface area contributed by atoms with Crippen LogP contribution in [0.2, 0.25) is 0 Å². The molecule has 0 bridgehead atoms. The van der Waals surface area contributed by atoms with Gasteiger partial charge in [-0.3, -0.25) is 4.79 Å². The molecule has 104 valence electrons. The van der Waals surface area contributed by atoms with Gasteiger partial charge in [0.1, 0.15) is 10.3 Å². The summed E-state index contributed by atoms with van der Waals surface area (Å²) in [6.45, 7) is 0. The van der Waals surface area contributed by atoms with E-state index in [4.69, 9.17) is 5.14 Å². The lowest BCUT2D eigenvalue weighted by Gasteiger charge is -2.05. The average molecular weight is 356 g/mol. The second-order valence-electron chi connectivity index (χ2n) is 3.87. The number of nitrogens with one attached hydrogen (secondary N) is 1. The predicted molar refractivity (Wildman–Crippen MR) is 77.7 cm³/mol. The first-order chi connectivity index (χ1) is 9.36. The molecule has 1 amide bonds. The van der Waals surface area contributed by atoms with E-state index in [-0.39, 0.29) is 10.6 Å². The molecule has 0 aliphatic rings. The summed E-state index contributed by atoms with van der Waals surface area (Å²) in [7, 11) is -3.74. The number of sulfonamides is 1. The van der Waals surface area contributed by atoms with Gasteiger partial charge in [0, 0.05) is 5.69 Å². The van der Waals surface area contributed by atoms with Gasteiger partial charge >= 0.3 is 0 Å². The maximum atomic E-state index is 11.9. The number of amides is 1. The number of nitrogens with zero attached hydrogens (tertiary/aromatic N) is 1. The van der Waals surface area contributed by atoms with Gasteiger partial charge < -0.3 is 5.32 Å². The summed E-state index contributed by atoms with van der Waals surface area (Å²) in [5.74, 6) is -0.394. The van der Waals surface area contributed by atoms with Crippen molar-refractivity contribution in [2.24, 2.45) is 5.14 Å². The number of primary sulfonamides is 1. The summed E-state index contributed by atoms with van der Waals surface area (Å²) in [5, 5.41) is 7.59. The van der Waals surface area contributed by atoms with E-state index < -0.39 is 15.9 Å². The van der Waals surface area contributed by atoms with Crippen LogP contribution < -0.4 is 10.5 Å². The van der Waals surface area contributed by atoms with Crippen LogP contribution in [0.5, 0.6) is 0 Å². The van der Waals surface area contributed by atoms with Crippen molar-refractivity contribution in [2.45, 2.75) is 4.90 Å². The van der Waals surface area contributed by atoms with Gasteiger partial charge in [0.25, 0.3) is 5.91 Å². The number of carbonyl (C=O) groups excluding carboxylic acids is 1. The van der Waals surface area contributed by atoms with E-state index in [0.717, 1.165) is 0 Å². The fourth-order valence-corrected chi connectivity index (χ4v) is 2.32. The number of hydrogen-bond donors (Lipinski definition) is 2. The SMILES string of the molecule is NS(=O)(=O)c1ccc(NC(=O)c2cccc(Br)n2)cc1. The second kappa shape index (κ2) is 5.70. The molecular weight excluding hydrogens is 346 g/mol. The van der Waals surface area contributed by atoms with E-state index >= 15 is 0 Å². The van der Waals surface area contributed by atoms with Crippen LogP contribution >= 0.6 is 15.9 Å². The zero-order valence-corrected chi connectivity index (χ0v) is 12.5. The molecule has 0 spiro atoms. The van der Waals surface area contributed by atoms with Crippen molar-refractivity contribution in [1.82, 2.24) is 4.98 Å². The van der Waals surface area contributed by atoms with E-state index in [0.29, 0.717) is 10.3 Å². The van der Waals surface area contributed by atoms with Crippen LogP contribution in [0.4, 0.5) is 5.69 Å². The Labute approximate surface area is 124 Å². The lowest BCUT2D eigenvalue weighted by Crippen LogP contribution is -2.14. The van der Waals surface area contributed by atoms with Crippen LogP contribution in [0.25, 0.3) is 0 Å². The van der Waals surface area contributed by atoms with Gasteiger partial charge in [-0.15, -0.1) is 0 Å². The van der Waals surface area contributed by atoms with Crippen LogP contribution in [-0.4, -0.2) is 19.3 Å². The van der Waals surface area contributed by atoms with Gasteiger partial charge in [-0.1, -0.05) is 6.07 Å². The summed E-state index contributed by atoms with van der Waals surface area (Å²) in [4.78, 5) is 15.9. The van der Waals surface area contributed by atoms with Crippen molar-refractivity contribution in [3.63, 3.8) is 0 Å². The number of hydrogen-bond acceptors (Lipinski definition) is 4.